The van der Waals surface area contributed by atoms with Crippen LogP contribution in [0.15, 0.2) is 24.3 Å². The van der Waals surface area contributed by atoms with Crippen LogP contribution >= 0.6 is 0 Å². The Morgan fingerprint density at radius 1 is 1.64 bits per heavy atom. The monoisotopic (exact) mass is 188 g/mol. The van der Waals surface area contributed by atoms with Crippen molar-refractivity contribution in [2.75, 3.05) is 7.05 Å². The predicted octanol–water partition coefficient (Wildman–Crippen LogP) is 0.884. The number of rotatable bonds is 2. The third-order valence-corrected chi connectivity index (χ3v) is 1.89. The van der Waals surface area contributed by atoms with E-state index < -0.39 is 0 Å². The van der Waals surface area contributed by atoms with Gasteiger partial charge in [0.15, 0.2) is 5.96 Å². The Morgan fingerprint density at radius 3 is 2.93 bits per heavy atom. The topological polar surface area (TPSA) is 76.9 Å². The van der Waals surface area contributed by atoms with Gasteiger partial charge in [-0.2, -0.15) is 5.26 Å². The van der Waals surface area contributed by atoms with Crippen LogP contribution in [-0.4, -0.2) is 17.9 Å². The fourth-order valence-corrected chi connectivity index (χ4v) is 1.10. The standard InChI is InChI=1S/C10H12N4/c1-14(10(12)13)7-9-4-2-3-8(5-9)6-11/h2-5H,7H2,1H3,(H3,12,13). The highest BCUT2D eigenvalue weighted by Crippen LogP contribution is 2.06. The maximum Gasteiger partial charge on any atom is 0.188 e. The minimum Gasteiger partial charge on any atom is -0.370 e. The maximum atomic E-state index is 8.67. The predicted molar refractivity (Wildman–Crippen MR) is 54.5 cm³/mol. The molecule has 0 atom stereocenters. The molecule has 3 N–H and O–H groups in total. The van der Waals surface area contributed by atoms with Crippen LogP contribution in [0.5, 0.6) is 0 Å². The van der Waals surface area contributed by atoms with Crippen molar-refractivity contribution in [3.63, 3.8) is 0 Å². The molecule has 0 aliphatic carbocycles. The SMILES string of the molecule is CN(Cc1cccc(C#N)c1)C(=N)N. The van der Waals surface area contributed by atoms with Gasteiger partial charge in [-0.05, 0) is 17.7 Å². The summed E-state index contributed by atoms with van der Waals surface area (Å²) in [7, 11) is 1.74. The second-order valence-electron chi connectivity index (χ2n) is 3.05. The molecule has 0 unspecified atom stereocenters. The average molecular weight is 188 g/mol. The third-order valence-electron chi connectivity index (χ3n) is 1.89. The number of nitriles is 1. The van der Waals surface area contributed by atoms with Crippen molar-refractivity contribution in [3.05, 3.63) is 35.4 Å². The summed E-state index contributed by atoms with van der Waals surface area (Å²) in [4.78, 5) is 1.61. The summed E-state index contributed by atoms with van der Waals surface area (Å²) in [5, 5.41) is 15.9. The summed E-state index contributed by atoms with van der Waals surface area (Å²) in [6.07, 6.45) is 0. The first-order chi connectivity index (χ1) is 6.63. The van der Waals surface area contributed by atoms with Crippen molar-refractivity contribution in [1.29, 1.82) is 10.7 Å². The van der Waals surface area contributed by atoms with Crippen LogP contribution in [-0.2, 0) is 6.54 Å². The quantitative estimate of drug-likeness (QED) is 0.534. The normalized spacial score (nSPS) is 9.14. The van der Waals surface area contributed by atoms with Crippen LogP contribution in [0.2, 0.25) is 0 Å². The molecule has 0 radical (unpaired) electrons. The van der Waals surface area contributed by atoms with Gasteiger partial charge < -0.3 is 10.6 Å². The van der Waals surface area contributed by atoms with Gasteiger partial charge in [0.05, 0.1) is 11.6 Å². The van der Waals surface area contributed by atoms with Crippen LogP contribution in [0.3, 0.4) is 0 Å². The Morgan fingerprint density at radius 2 is 2.36 bits per heavy atom. The van der Waals surface area contributed by atoms with E-state index in [1.54, 1.807) is 24.1 Å². The lowest BCUT2D eigenvalue weighted by Gasteiger charge is -2.16. The van der Waals surface area contributed by atoms with Gasteiger partial charge in [0, 0.05) is 13.6 Å². The molecule has 1 aromatic carbocycles. The molecule has 0 saturated carbocycles. The molecule has 0 aliphatic rings. The van der Waals surface area contributed by atoms with Crippen molar-refractivity contribution in [1.82, 2.24) is 4.90 Å². The van der Waals surface area contributed by atoms with E-state index in [-0.39, 0.29) is 5.96 Å². The van der Waals surface area contributed by atoms with Gasteiger partial charge in [-0.15, -0.1) is 0 Å². The zero-order chi connectivity index (χ0) is 10.6. The average Bonchev–Trinajstić information content (AvgIpc) is 2.18. The molecule has 0 aliphatic heterocycles. The fourth-order valence-electron chi connectivity index (χ4n) is 1.10. The molecule has 4 nitrogen and oxygen atoms in total. The zero-order valence-corrected chi connectivity index (χ0v) is 7.99. The summed E-state index contributed by atoms with van der Waals surface area (Å²) in [5.41, 5.74) is 6.90. The maximum absolute atomic E-state index is 8.67. The molecular weight excluding hydrogens is 176 g/mol. The largest absolute Gasteiger partial charge is 0.370 e. The number of guanidine groups is 1. The van der Waals surface area contributed by atoms with Crippen LogP contribution in [0.1, 0.15) is 11.1 Å². The number of nitrogens with two attached hydrogens (primary N) is 1. The Labute approximate surface area is 83.1 Å². The summed E-state index contributed by atoms with van der Waals surface area (Å²) in [6.45, 7) is 0.546. The van der Waals surface area contributed by atoms with Crippen LogP contribution in [0.4, 0.5) is 0 Å². The lowest BCUT2D eigenvalue weighted by Crippen LogP contribution is -2.32. The number of nitrogens with one attached hydrogen (secondary N) is 1. The molecule has 0 spiro atoms. The lowest BCUT2D eigenvalue weighted by atomic mass is 10.1. The van der Waals surface area contributed by atoms with E-state index in [0.717, 1.165) is 5.56 Å². The molecule has 14 heavy (non-hydrogen) atoms. The number of nitrogens with zero attached hydrogens (tertiary/aromatic N) is 2. The van der Waals surface area contributed by atoms with Gasteiger partial charge in [0.2, 0.25) is 0 Å². The number of hydrogen-bond donors (Lipinski definition) is 2. The van der Waals surface area contributed by atoms with Gasteiger partial charge in [-0.25, -0.2) is 0 Å². The Hall–Kier alpha value is -2.02. The minimum atomic E-state index is 0.0207. The molecule has 0 bridgehead atoms. The second kappa shape index (κ2) is 4.28. The van der Waals surface area contributed by atoms with E-state index in [1.165, 1.54) is 0 Å². The smallest absolute Gasteiger partial charge is 0.188 e. The van der Waals surface area contributed by atoms with E-state index in [0.29, 0.717) is 12.1 Å². The Balaban J connectivity index is 2.78. The highest BCUT2D eigenvalue weighted by atomic mass is 15.2. The van der Waals surface area contributed by atoms with E-state index >= 15 is 0 Å². The van der Waals surface area contributed by atoms with Crippen LogP contribution < -0.4 is 5.73 Å². The number of hydrogen-bond acceptors (Lipinski definition) is 2. The van der Waals surface area contributed by atoms with Gasteiger partial charge in [-0.3, -0.25) is 5.41 Å². The number of benzene rings is 1. The third kappa shape index (κ3) is 2.49. The first-order valence-electron chi connectivity index (χ1n) is 4.17. The van der Waals surface area contributed by atoms with Gasteiger partial charge in [-0.1, -0.05) is 12.1 Å². The summed E-state index contributed by atoms with van der Waals surface area (Å²) in [6, 6.07) is 9.33. The van der Waals surface area contributed by atoms with Crippen LogP contribution in [0.25, 0.3) is 0 Å². The van der Waals surface area contributed by atoms with E-state index in [1.807, 2.05) is 12.1 Å². The van der Waals surface area contributed by atoms with Crippen molar-refractivity contribution in [3.8, 4) is 6.07 Å². The first kappa shape index (κ1) is 10.1. The van der Waals surface area contributed by atoms with Crippen molar-refractivity contribution >= 4 is 5.96 Å². The van der Waals surface area contributed by atoms with Gasteiger partial charge >= 0.3 is 0 Å². The second-order valence-corrected chi connectivity index (χ2v) is 3.05. The molecule has 72 valence electrons. The molecule has 0 heterocycles. The first-order valence-corrected chi connectivity index (χ1v) is 4.17. The van der Waals surface area contributed by atoms with Crippen molar-refractivity contribution in [2.24, 2.45) is 5.73 Å². The Bertz CT molecular complexity index is 378. The van der Waals surface area contributed by atoms with Crippen molar-refractivity contribution in [2.45, 2.75) is 6.54 Å². The molecule has 0 amide bonds. The highest BCUT2D eigenvalue weighted by molar-refractivity contribution is 5.74. The van der Waals surface area contributed by atoms with Gasteiger partial charge in [0.1, 0.15) is 0 Å². The summed E-state index contributed by atoms with van der Waals surface area (Å²) < 4.78 is 0. The van der Waals surface area contributed by atoms with Crippen molar-refractivity contribution < 1.29 is 0 Å². The lowest BCUT2D eigenvalue weighted by molar-refractivity contribution is 0.491. The highest BCUT2D eigenvalue weighted by Gasteiger charge is 2.01. The molecule has 1 rings (SSSR count). The van der Waals surface area contributed by atoms with Crippen LogP contribution in [0, 0.1) is 16.7 Å². The minimum absolute atomic E-state index is 0.0207. The molecule has 0 saturated heterocycles. The molecule has 4 heteroatoms. The molecule has 0 fully saturated rings. The zero-order valence-electron chi connectivity index (χ0n) is 7.99. The summed E-state index contributed by atoms with van der Waals surface area (Å²) in [5.74, 6) is 0.0207. The molecular formula is C10H12N4. The summed E-state index contributed by atoms with van der Waals surface area (Å²) >= 11 is 0. The van der Waals surface area contributed by atoms with E-state index in [4.69, 9.17) is 16.4 Å². The Kier molecular flexibility index (Phi) is 3.08. The fraction of sp³-hybridized carbons (Fsp3) is 0.200. The van der Waals surface area contributed by atoms with Gasteiger partial charge in [0.25, 0.3) is 0 Å². The molecule has 0 aromatic heterocycles. The van der Waals surface area contributed by atoms with E-state index in [2.05, 4.69) is 6.07 Å². The molecule has 1 aromatic rings. The van der Waals surface area contributed by atoms with E-state index in [9.17, 15) is 0 Å².